The molecule has 37 heavy (non-hydrogen) atoms. The summed E-state index contributed by atoms with van der Waals surface area (Å²) >= 11 is 6.60. The van der Waals surface area contributed by atoms with Crippen LogP contribution in [-0.4, -0.2) is 52.2 Å². The summed E-state index contributed by atoms with van der Waals surface area (Å²) in [6.07, 6.45) is 4.28. The van der Waals surface area contributed by atoms with Crippen LogP contribution in [-0.2, 0) is 29.0 Å². The summed E-state index contributed by atoms with van der Waals surface area (Å²) in [5, 5.41) is 4.67. The maximum Gasteiger partial charge on any atom is 0.326 e. The fourth-order valence-corrected chi connectivity index (χ4v) is 4.93. The number of ether oxygens (including phenoxy) is 2. The van der Waals surface area contributed by atoms with Crippen LogP contribution in [0.4, 0.5) is 11.6 Å². The molecule has 5 rings (SSSR count). The van der Waals surface area contributed by atoms with Gasteiger partial charge >= 0.3 is 5.97 Å². The third-order valence-electron chi connectivity index (χ3n) is 6.43. The van der Waals surface area contributed by atoms with Gasteiger partial charge in [0.25, 0.3) is 0 Å². The molecule has 4 aromatic rings. The number of benzene rings is 2. The van der Waals surface area contributed by atoms with Crippen molar-refractivity contribution in [2.24, 2.45) is 0 Å². The highest BCUT2D eigenvalue weighted by Gasteiger charge is 2.20. The van der Waals surface area contributed by atoms with E-state index in [4.69, 9.17) is 26.1 Å². The first-order chi connectivity index (χ1) is 17.8. The molecule has 2 aromatic heterocycles. The highest BCUT2D eigenvalue weighted by atomic mass is 35.5. The second-order valence-corrected chi connectivity index (χ2v) is 9.96. The first-order valence-corrected chi connectivity index (χ1v) is 12.7. The first kappa shape index (κ1) is 25.0. The largest absolute Gasteiger partial charge is 0.495 e. The predicted octanol–water partition coefficient (Wildman–Crippen LogP) is 5.44. The van der Waals surface area contributed by atoms with Crippen LogP contribution in [0.15, 0.2) is 48.8 Å². The molecule has 0 atom stereocenters. The summed E-state index contributed by atoms with van der Waals surface area (Å²) in [6, 6.07) is 12.0. The van der Waals surface area contributed by atoms with Crippen molar-refractivity contribution in [3.63, 3.8) is 0 Å². The number of nitrogens with zero attached hydrogens (tertiary/aromatic N) is 4. The van der Waals surface area contributed by atoms with Crippen LogP contribution >= 0.6 is 11.6 Å². The van der Waals surface area contributed by atoms with E-state index < -0.39 is 0 Å². The zero-order valence-corrected chi connectivity index (χ0v) is 22.2. The minimum Gasteiger partial charge on any atom is -0.495 e. The number of carbonyl (C=O) groups excluding carboxylic acids is 1. The van der Waals surface area contributed by atoms with Gasteiger partial charge in [0, 0.05) is 35.8 Å². The molecule has 8 nitrogen and oxygen atoms in total. The van der Waals surface area contributed by atoms with Gasteiger partial charge in [-0.05, 0) is 56.6 Å². The molecule has 0 aliphatic carbocycles. The number of esters is 1. The van der Waals surface area contributed by atoms with Gasteiger partial charge in [0.1, 0.15) is 12.3 Å². The summed E-state index contributed by atoms with van der Waals surface area (Å²) in [7, 11) is 3.78. The van der Waals surface area contributed by atoms with Crippen molar-refractivity contribution >= 4 is 40.1 Å². The number of carbonyl (C=O) groups is 1. The van der Waals surface area contributed by atoms with Gasteiger partial charge in [-0.1, -0.05) is 29.8 Å². The van der Waals surface area contributed by atoms with Crippen LogP contribution in [0.25, 0.3) is 22.2 Å². The quantitative estimate of drug-likeness (QED) is 0.325. The van der Waals surface area contributed by atoms with Crippen LogP contribution in [0.5, 0.6) is 5.75 Å². The number of nitrogens with one attached hydrogen (secondary N) is 1. The van der Waals surface area contributed by atoms with Crippen molar-refractivity contribution < 1.29 is 14.3 Å². The van der Waals surface area contributed by atoms with Crippen molar-refractivity contribution in [1.29, 1.82) is 0 Å². The predicted molar refractivity (Wildman–Crippen MR) is 146 cm³/mol. The van der Waals surface area contributed by atoms with Gasteiger partial charge in [0.2, 0.25) is 5.95 Å². The van der Waals surface area contributed by atoms with Crippen molar-refractivity contribution in [3.8, 4) is 17.0 Å². The minimum absolute atomic E-state index is 0.0905. The molecule has 0 fully saturated rings. The normalized spacial score (nSPS) is 13.6. The van der Waals surface area contributed by atoms with Crippen molar-refractivity contribution in [3.05, 3.63) is 64.9 Å². The molecule has 0 saturated carbocycles. The molecular weight excluding hydrogens is 490 g/mol. The average molecular weight is 520 g/mol. The van der Waals surface area contributed by atoms with Gasteiger partial charge in [-0.3, -0.25) is 4.79 Å². The van der Waals surface area contributed by atoms with Crippen molar-refractivity contribution in [2.45, 2.75) is 39.5 Å². The van der Waals surface area contributed by atoms with Crippen LogP contribution < -0.4 is 10.1 Å². The van der Waals surface area contributed by atoms with E-state index in [1.807, 2.05) is 48.9 Å². The molecule has 1 aliphatic heterocycles. The zero-order valence-electron chi connectivity index (χ0n) is 21.4. The molecule has 0 spiro atoms. The van der Waals surface area contributed by atoms with Gasteiger partial charge in [-0.2, -0.15) is 0 Å². The number of likely N-dealkylation sites (N-methyl/N-ethyl adjacent to an activating group) is 1. The van der Waals surface area contributed by atoms with Crippen molar-refractivity contribution in [1.82, 2.24) is 19.4 Å². The number of methoxy groups -OCH3 is 1. The second kappa shape index (κ2) is 10.4. The summed E-state index contributed by atoms with van der Waals surface area (Å²) in [5.41, 5.74) is 5.61. The molecular formula is C28H30ClN5O3. The SMILES string of the molecule is COc1cc2c(cc1Nc1ncc(Cl)c(-c3cn(CC(=O)OC(C)C)c4ccccc34)n1)CN(C)CC2. The van der Waals surface area contributed by atoms with E-state index in [1.54, 1.807) is 13.3 Å². The summed E-state index contributed by atoms with van der Waals surface area (Å²) in [5.74, 6) is 0.838. The van der Waals surface area contributed by atoms with Crippen LogP contribution in [0.1, 0.15) is 25.0 Å². The molecule has 0 unspecified atom stereocenters. The lowest BCUT2D eigenvalue weighted by Gasteiger charge is -2.26. The monoisotopic (exact) mass is 519 g/mol. The van der Waals surface area contributed by atoms with E-state index in [9.17, 15) is 4.79 Å². The number of hydrogen-bond acceptors (Lipinski definition) is 7. The maximum absolute atomic E-state index is 12.4. The molecule has 1 N–H and O–H groups in total. The first-order valence-electron chi connectivity index (χ1n) is 12.3. The molecule has 3 heterocycles. The van der Waals surface area contributed by atoms with E-state index in [0.717, 1.165) is 47.4 Å². The zero-order chi connectivity index (χ0) is 26.1. The fourth-order valence-electron chi connectivity index (χ4n) is 4.74. The molecule has 192 valence electrons. The summed E-state index contributed by atoms with van der Waals surface area (Å²) < 4.78 is 12.9. The lowest BCUT2D eigenvalue weighted by atomic mass is 9.99. The molecule has 0 radical (unpaired) electrons. The Morgan fingerprint density at radius 3 is 2.81 bits per heavy atom. The molecule has 0 bridgehead atoms. The van der Waals surface area contributed by atoms with E-state index in [0.29, 0.717) is 16.7 Å². The third-order valence-corrected chi connectivity index (χ3v) is 6.70. The highest BCUT2D eigenvalue weighted by Crippen LogP contribution is 2.36. The number of halogens is 1. The number of hydrogen-bond donors (Lipinski definition) is 1. The Bertz CT molecular complexity index is 1470. The molecule has 1 aliphatic rings. The van der Waals surface area contributed by atoms with E-state index >= 15 is 0 Å². The molecule has 2 aromatic carbocycles. The highest BCUT2D eigenvalue weighted by molar-refractivity contribution is 6.33. The van der Waals surface area contributed by atoms with E-state index in [-0.39, 0.29) is 18.6 Å². The Morgan fingerprint density at radius 2 is 2.03 bits per heavy atom. The van der Waals surface area contributed by atoms with Crippen LogP contribution in [0.2, 0.25) is 5.02 Å². The van der Waals surface area contributed by atoms with Gasteiger partial charge < -0.3 is 24.3 Å². The second-order valence-electron chi connectivity index (χ2n) is 9.55. The Kier molecular flexibility index (Phi) is 7.04. The Labute approximate surface area is 221 Å². The Balaban J connectivity index is 1.51. The fraction of sp³-hybridized carbons (Fsp3) is 0.321. The van der Waals surface area contributed by atoms with E-state index in [1.165, 1.54) is 11.1 Å². The number of rotatable bonds is 7. The van der Waals surface area contributed by atoms with Gasteiger partial charge in [0.15, 0.2) is 0 Å². The van der Waals surface area contributed by atoms with E-state index in [2.05, 4.69) is 34.4 Å². The lowest BCUT2D eigenvalue weighted by Crippen LogP contribution is -2.26. The molecule has 0 amide bonds. The topological polar surface area (TPSA) is 81.5 Å². The Morgan fingerprint density at radius 1 is 1.22 bits per heavy atom. The van der Waals surface area contributed by atoms with Crippen LogP contribution in [0, 0.1) is 0 Å². The number of anilines is 2. The van der Waals surface area contributed by atoms with Gasteiger partial charge in [-0.15, -0.1) is 0 Å². The number of para-hydroxylation sites is 1. The van der Waals surface area contributed by atoms with Gasteiger partial charge in [0.05, 0.1) is 35.8 Å². The lowest BCUT2D eigenvalue weighted by molar-refractivity contribution is -0.148. The third kappa shape index (κ3) is 5.26. The number of aromatic nitrogens is 3. The average Bonchev–Trinajstić information content (AvgIpc) is 3.22. The minimum atomic E-state index is -0.302. The molecule has 9 heteroatoms. The summed E-state index contributed by atoms with van der Waals surface area (Å²) in [6.45, 7) is 5.66. The van der Waals surface area contributed by atoms with Crippen LogP contribution in [0.3, 0.4) is 0 Å². The standard InChI is InChI=1S/C28H30ClN5O3/c1-17(2)37-26(35)16-34-15-21(20-7-5-6-8-24(20)34)27-22(29)13-30-28(32-27)31-23-11-19-14-33(3)10-9-18(19)12-25(23)36-4/h5-8,11-13,15,17H,9-10,14,16H2,1-4H3,(H,30,31,32). The molecule has 0 saturated heterocycles. The summed E-state index contributed by atoms with van der Waals surface area (Å²) in [4.78, 5) is 23.9. The van der Waals surface area contributed by atoms with Crippen molar-refractivity contribution in [2.75, 3.05) is 26.0 Å². The number of fused-ring (bicyclic) bond motifs is 2. The van der Waals surface area contributed by atoms with Gasteiger partial charge in [-0.25, -0.2) is 9.97 Å². The Hall–Kier alpha value is -3.62. The maximum atomic E-state index is 12.4. The smallest absolute Gasteiger partial charge is 0.326 e.